The first-order valence-electron chi connectivity index (χ1n) is 8.87. The number of nitrogens with one attached hydrogen (secondary N) is 2. The molecule has 6 nitrogen and oxygen atoms in total. The van der Waals surface area contributed by atoms with E-state index in [1.54, 1.807) is 42.5 Å². The summed E-state index contributed by atoms with van der Waals surface area (Å²) in [5.74, 6) is -0.540. The van der Waals surface area contributed by atoms with Crippen molar-refractivity contribution in [2.24, 2.45) is 0 Å². The van der Waals surface area contributed by atoms with Crippen LogP contribution in [0.15, 0.2) is 72.8 Å². The molecule has 0 radical (unpaired) electrons. The summed E-state index contributed by atoms with van der Waals surface area (Å²) < 4.78 is 5.20. The van der Waals surface area contributed by atoms with Crippen LogP contribution in [-0.2, 0) is 9.53 Å². The van der Waals surface area contributed by atoms with Crippen LogP contribution >= 0.6 is 11.6 Å². The fourth-order valence-electron chi connectivity index (χ4n) is 2.91. The number of aromatic amines is 1. The van der Waals surface area contributed by atoms with Gasteiger partial charge in [0.05, 0.1) is 27.3 Å². The van der Waals surface area contributed by atoms with Gasteiger partial charge in [-0.2, -0.15) is 0 Å². The van der Waals surface area contributed by atoms with E-state index in [2.05, 4.69) is 15.3 Å². The first kappa shape index (κ1) is 18.7. The Morgan fingerprint density at radius 3 is 2.52 bits per heavy atom. The SMILES string of the molecule is O=C(COC(=O)c1ccccc1-c1nc2ccccc2[nH]1)Nc1ccccc1Cl. The second kappa shape index (κ2) is 8.16. The Labute approximate surface area is 171 Å². The molecule has 3 aromatic carbocycles. The fourth-order valence-corrected chi connectivity index (χ4v) is 3.09. The van der Waals surface area contributed by atoms with Gasteiger partial charge in [0.1, 0.15) is 5.82 Å². The minimum absolute atomic E-state index is 0.317. The number of carbonyl (C=O) groups excluding carboxylic acids is 2. The third-order valence-electron chi connectivity index (χ3n) is 4.27. The lowest BCUT2D eigenvalue weighted by Gasteiger charge is -2.09. The monoisotopic (exact) mass is 405 g/mol. The van der Waals surface area contributed by atoms with Crippen LogP contribution in [0.2, 0.25) is 5.02 Å². The molecule has 1 amide bonds. The van der Waals surface area contributed by atoms with Gasteiger partial charge >= 0.3 is 5.97 Å². The summed E-state index contributed by atoms with van der Waals surface area (Å²) >= 11 is 6.02. The van der Waals surface area contributed by atoms with Crippen LogP contribution in [0.4, 0.5) is 5.69 Å². The largest absolute Gasteiger partial charge is 0.452 e. The summed E-state index contributed by atoms with van der Waals surface area (Å²) in [4.78, 5) is 32.4. The lowest BCUT2D eigenvalue weighted by Crippen LogP contribution is -2.21. The van der Waals surface area contributed by atoms with E-state index >= 15 is 0 Å². The number of imidazole rings is 1. The number of rotatable bonds is 5. The number of amides is 1. The van der Waals surface area contributed by atoms with E-state index in [1.165, 1.54) is 0 Å². The van der Waals surface area contributed by atoms with Crippen LogP contribution in [0.1, 0.15) is 10.4 Å². The number of ether oxygens (including phenoxy) is 1. The molecule has 0 spiro atoms. The van der Waals surface area contributed by atoms with Crippen molar-refractivity contribution < 1.29 is 14.3 Å². The van der Waals surface area contributed by atoms with Gasteiger partial charge in [0.25, 0.3) is 5.91 Å². The van der Waals surface area contributed by atoms with Crippen LogP contribution < -0.4 is 5.32 Å². The molecule has 0 unspecified atom stereocenters. The highest BCUT2D eigenvalue weighted by atomic mass is 35.5. The molecule has 0 fully saturated rings. The number of halogens is 1. The Bertz CT molecular complexity index is 1170. The van der Waals surface area contributed by atoms with Crippen molar-refractivity contribution in [2.75, 3.05) is 11.9 Å². The maximum Gasteiger partial charge on any atom is 0.339 e. The number of anilines is 1. The van der Waals surface area contributed by atoms with Crippen molar-refractivity contribution in [3.05, 3.63) is 83.4 Å². The summed E-state index contributed by atoms with van der Waals surface area (Å²) in [6, 6.07) is 21.4. The molecule has 144 valence electrons. The number of H-pyrrole nitrogens is 1. The molecule has 4 rings (SSSR count). The number of para-hydroxylation sites is 3. The van der Waals surface area contributed by atoms with Gasteiger partial charge in [-0.25, -0.2) is 9.78 Å². The number of aromatic nitrogens is 2. The Morgan fingerprint density at radius 1 is 0.966 bits per heavy atom. The second-order valence-electron chi connectivity index (χ2n) is 6.25. The number of hydrogen-bond donors (Lipinski definition) is 2. The van der Waals surface area contributed by atoms with E-state index in [0.29, 0.717) is 27.7 Å². The molecule has 0 bridgehead atoms. The summed E-state index contributed by atoms with van der Waals surface area (Å²) in [6.07, 6.45) is 0. The predicted molar refractivity (Wildman–Crippen MR) is 112 cm³/mol. The van der Waals surface area contributed by atoms with Crippen LogP contribution in [0.25, 0.3) is 22.4 Å². The molecule has 0 saturated carbocycles. The fraction of sp³-hybridized carbons (Fsp3) is 0.0455. The molecular formula is C22H16ClN3O3. The van der Waals surface area contributed by atoms with E-state index in [4.69, 9.17) is 16.3 Å². The number of esters is 1. The predicted octanol–water partition coefficient (Wildman–Crippen LogP) is 4.68. The van der Waals surface area contributed by atoms with Crippen molar-refractivity contribution in [1.29, 1.82) is 0 Å². The molecule has 29 heavy (non-hydrogen) atoms. The zero-order chi connectivity index (χ0) is 20.2. The second-order valence-corrected chi connectivity index (χ2v) is 6.66. The minimum atomic E-state index is -0.615. The van der Waals surface area contributed by atoms with Crippen molar-refractivity contribution in [3.8, 4) is 11.4 Å². The molecule has 0 aliphatic carbocycles. The Kier molecular flexibility index (Phi) is 5.27. The lowest BCUT2D eigenvalue weighted by atomic mass is 10.1. The Morgan fingerprint density at radius 2 is 1.69 bits per heavy atom. The van der Waals surface area contributed by atoms with E-state index in [-0.39, 0.29) is 0 Å². The van der Waals surface area contributed by atoms with Crippen molar-refractivity contribution in [2.45, 2.75) is 0 Å². The van der Waals surface area contributed by atoms with Crippen LogP contribution in [0, 0.1) is 0 Å². The van der Waals surface area contributed by atoms with Crippen molar-refractivity contribution in [3.63, 3.8) is 0 Å². The van der Waals surface area contributed by atoms with Crippen LogP contribution in [0.3, 0.4) is 0 Å². The summed E-state index contributed by atoms with van der Waals surface area (Å²) in [7, 11) is 0. The van der Waals surface area contributed by atoms with Gasteiger partial charge in [0, 0.05) is 5.56 Å². The first-order chi connectivity index (χ1) is 14.1. The molecule has 0 atom stereocenters. The number of nitrogens with zero attached hydrogens (tertiary/aromatic N) is 1. The first-order valence-corrected chi connectivity index (χ1v) is 9.25. The molecule has 1 aromatic heterocycles. The molecule has 7 heteroatoms. The number of benzene rings is 3. The van der Waals surface area contributed by atoms with Crippen molar-refractivity contribution in [1.82, 2.24) is 9.97 Å². The summed E-state index contributed by atoms with van der Waals surface area (Å²) in [5, 5.41) is 3.02. The standard InChI is InChI=1S/C22H16ClN3O3/c23-16-9-3-4-10-17(16)24-20(27)13-29-22(28)15-8-2-1-7-14(15)21-25-18-11-5-6-12-19(18)26-21/h1-12H,13H2,(H,24,27)(H,25,26). The lowest BCUT2D eigenvalue weighted by molar-refractivity contribution is -0.119. The third kappa shape index (κ3) is 4.12. The number of hydrogen-bond acceptors (Lipinski definition) is 4. The average Bonchev–Trinajstić information content (AvgIpc) is 3.18. The zero-order valence-electron chi connectivity index (χ0n) is 15.2. The Balaban J connectivity index is 1.49. The van der Waals surface area contributed by atoms with E-state index < -0.39 is 18.5 Å². The van der Waals surface area contributed by atoms with Crippen LogP contribution in [-0.4, -0.2) is 28.5 Å². The Hall–Kier alpha value is -3.64. The smallest absolute Gasteiger partial charge is 0.339 e. The molecule has 4 aromatic rings. The topological polar surface area (TPSA) is 84.1 Å². The van der Waals surface area contributed by atoms with Gasteiger partial charge in [-0.1, -0.05) is 54.1 Å². The maximum atomic E-state index is 12.6. The number of carbonyl (C=O) groups is 2. The molecule has 0 aliphatic rings. The zero-order valence-corrected chi connectivity index (χ0v) is 15.9. The highest BCUT2D eigenvalue weighted by molar-refractivity contribution is 6.33. The molecular weight excluding hydrogens is 390 g/mol. The summed E-state index contributed by atoms with van der Waals surface area (Å²) in [5.41, 5.74) is 3.03. The van der Waals surface area contributed by atoms with E-state index in [0.717, 1.165) is 11.0 Å². The molecule has 0 saturated heterocycles. The molecule has 2 N–H and O–H groups in total. The third-order valence-corrected chi connectivity index (χ3v) is 4.60. The van der Waals surface area contributed by atoms with Gasteiger partial charge in [-0.15, -0.1) is 0 Å². The quantitative estimate of drug-likeness (QED) is 0.472. The maximum absolute atomic E-state index is 12.6. The van der Waals surface area contributed by atoms with E-state index in [9.17, 15) is 9.59 Å². The normalized spacial score (nSPS) is 10.7. The van der Waals surface area contributed by atoms with Gasteiger partial charge in [0.2, 0.25) is 0 Å². The highest BCUT2D eigenvalue weighted by Crippen LogP contribution is 2.24. The van der Waals surface area contributed by atoms with Crippen molar-refractivity contribution >= 4 is 40.2 Å². The molecule has 1 heterocycles. The summed E-state index contributed by atoms with van der Waals surface area (Å²) in [6.45, 7) is -0.432. The van der Waals surface area contributed by atoms with Gasteiger partial charge in [0.15, 0.2) is 6.61 Å². The minimum Gasteiger partial charge on any atom is -0.452 e. The van der Waals surface area contributed by atoms with Gasteiger partial charge < -0.3 is 15.0 Å². The van der Waals surface area contributed by atoms with Gasteiger partial charge in [-0.05, 0) is 30.3 Å². The number of fused-ring (bicyclic) bond motifs is 1. The van der Waals surface area contributed by atoms with E-state index in [1.807, 2.05) is 30.3 Å². The van der Waals surface area contributed by atoms with Gasteiger partial charge in [-0.3, -0.25) is 4.79 Å². The van der Waals surface area contributed by atoms with Crippen LogP contribution in [0.5, 0.6) is 0 Å². The average molecular weight is 406 g/mol. The molecule has 0 aliphatic heterocycles. The highest BCUT2D eigenvalue weighted by Gasteiger charge is 2.17.